The Balaban J connectivity index is 1.58. The zero-order valence-electron chi connectivity index (χ0n) is 21.5. The largest absolute Gasteiger partial charge is 0.547 e. The van der Waals surface area contributed by atoms with Crippen molar-refractivity contribution in [1.29, 1.82) is 0 Å². The minimum absolute atomic E-state index is 0.0859. The Labute approximate surface area is 231 Å². The molecule has 1 saturated heterocycles. The number of nitrogens with zero attached hydrogens (tertiary/aromatic N) is 2. The molecule has 2 aromatic rings. The molecule has 5 amide bonds. The normalized spacial score (nSPS) is 17.3. The van der Waals surface area contributed by atoms with E-state index in [-0.39, 0.29) is 48.5 Å². The molecule has 1 fully saturated rings. The van der Waals surface area contributed by atoms with Crippen molar-refractivity contribution >= 4 is 42.8 Å². The Hall–Kier alpha value is -4.99. The highest BCUT2D eigenvalue weighted by molar-refractivity contribution is 6.47. The molecule has 0 bridgehead atoms. The predicted octanol–water partition coefficient (Wildman–Crippen LogP) is -0.197. The molecule has 0 radical (unpaired) electrons. The average Bonchev–Trinajstić information content (AvgIpc) is 2.93. The van der Waals surface area contributed by atoms with Crippen LogP contribution < -0.4 is 15.3 Å². The van der Waals surface area contributed by atoms with Crippen LogP contribution in [0, 0.1) is 5.82 Å². The van der Waals surface area contributed by atoms with E-state index in [9.17, 15) is 48.4 Å². The van der Waals surface area contributed by atoms with E-state index in [4.69, 9.17) is 4.65 Å². The lowest BCUT2D eigenvalue weighted by Gasteiger charge is -2.33. The zero-order chi connectivity index (χ0) is 30.0. The van der Waals surface area contributed by atoms with E-state index in [1.54, 1.807) is 6.92 Å². The molecule has 0 spiro atoms. The number of hydrogen-bond acceptors (Lipinski definition) is 8. The fourth-order valence-electron chi connectivity index (χ4n) is 4.52. The van der Waals surface area contributed by atoms with Crippen LogP contribution in [0.15, 0.2) is 36.4 Å². The highest BCUT2D eigenvalue weighted by Crippen LogP contribution is 2.32. The molecule has 0 aliphatic carbocycles. The molecule has 41 heavy (non-hydrogen) atoms. The minimum atomic E-state index is -1.81. The zero-order valence-corrected chi connectivity index (χ0v) is 21.5. The molecule has 2 aromatic carbocycles. The first kappa shape index (κ1) is 29.0. The lowest BCUT2D eigenvalue weighted by Crippen LogP contribution is -2.60. The average molecular weight is 570 g/mol. The summed E-state index contributed by atoms with van der Waals surface area (Å²) >= 11 is 0. The Kier molecular flexibility index (Phi) is 8.23. The number of halogens is 1. The maximum atomic E-state index is 14.1. The highest BCUT2D eigenvalue weighted by atomic mass is 19.1. The molecule has 14 nitrogen and oxygen atoms in total. The maximum absolute atomic E-state index is 14.1. The van der Waals surface area contributed by atoms with Gasteiger partial charge < -0.3 is 35.4 Å². The fourth-order valence-corrected chi connectivity index (χ4v) is 4.52. The number of carboxylic acid groups (broad SMARTS) is 2. The van der Waals surface area contributed by atoms with Gasteiger partial charge in [0.25, 0.3) is 0 Å². The van der Waals surface area contributed by atoms with Gasteiger partial charge >= 0.3 is 36.9 Å². The topological polar surface area (TPSA) is 203 Å². The standard InChI is InChI=1S/C25H24BFN4O10/c1-2-30-9-10-31(22(34)21(30)33)25(39)29-18(12-3-5-13(6-4-12)23(35)36)20(32)28-16-11-14-7-8-15(27)17(24(37)38)19(14)41-26(16)40/h3-8,16,18,40H,2,9-11H2,1H3,(H,28,32)(H,29,39)(H,35,36)(H,37,38)/t16-,18?/m0/s1. The summed E-state index contributed by atoms with van der Waals surface area (Å²) in [7, 11) is -1.81. The Morgan fingerprint density at radius 1 is 1.05 bits per heavy atom. The van der Waals surface area contributed by atoms with Gasteiger partial charge in [0.05, 0.1) is 11.5 Å². The molecule has 16 heteroatoms. The predicted molar refractivity (Wildman–Crippen MR) is 136 cm³/mol. The summed E-state index contributed by atoms with van der Waals surface area (Å²) in [6.07, 6.45) is -0.173. The van der Waals surface area contributed by atoms with Crippen LogP contribution in [-0.2, 0) is 20.8 Å². The van der Waals surface area contributed by atoms with Gasteiger partial charge in [0.1, 0.15) is 23.2 Å². The maximum Gasteiger partial charge on any atom is 0.547 e. The van der Waals surface area contributed by atoms with Crippen molar-refractivity contribution in [2.24, 2.45) is 0 Å². The van der Waals surface area contributed by atoms with Gasteiger partial charge in [-0.05, 0) is 42.7 Å². The lowest BCUT2D eigenvalue weighted by atomic mass is 9.72. The van der Waals surface area contributed by atoms with Gasteiger partial charge in [0, 0.05) is 19.6 Å². The molecule has 2 aliphatic heterocycles. The minimum Gasteiger partial charge on any atom is -0.534 e. The first-order valence-electron chi connectivity index (χ1n) is 12.4. The van der Waals surface area contributed by atoms with Crippen LogP contribution in [0.25, 0.3) is 0 Å². The Bertz CT molecular complexity index is 1440. The van der Waals surface area contributed by atoms with Crippen LogP contribution in [0.3, 0.4) is 0 Å². The third kappa shape index (κ3) is 5.81. The lowest BCUT2D eigenvalue weighted by molar-refractivity contribution is -0.153. The van der Waals surface area contributed by atoms with Crippen molar-refractivity contribution < 1.29 is 53.0 Å². The monoisotopic (exact) mass is 570 g/mol. The van der Waals surface area contributed by atoms with Crippen LogP contribution in [0.2, 0.25) is 0 Å². The van der Waals surface area contributed by atoms with E-state index >= 15 is 0 Å². The number of urea groups is 1. The second kappa shape index (κ2) is 11.6. The van der Waals surface area contributed by atoms with Crippen LogP contribution in [0.4, 0.5) is 9.18 Å². The molecule has 0 saturated carbocycles. The first-order valence-corrected chi connectivity index (χ1v) is 12.4. The third-order valence-corrected chi connectivity index (χ3v) is 6.71. The van der Waals surface area contributed by atoms with Gasteiger partial charge in [-0.25, -0.2) is 18.8 Å². The molecule has 4 rings (SSSR count). The molecule has 5 N–H and O–H groups in total. The number of amides is 5. The van der Waals surface area contributed by atoms with Gasteiger partial charge in [0.2, 0.25) is 5.91 Å². The van der Waals surface area contributed by atoms with Crippen molar-refractivity contribution in [3.8, 4) is 5.75 Å². The number of rotatable bonds is 7. The number of carbonyl (C=O) groups excluding carboxylic acids is 4. The van der Waals surface area contributed by atoms with E-state index < -0.39 is 66.2 Å². The number of fused-ring (bicyclic) bond motifs is 1. The molecule has 2 atom stereocenters. The Morgan fingerprint density at radius 2 is 1.73 bits per heavy atom. The van der Waals surface area contributed by atoms with Crippen LogP contribution in [-0.4, -0.2) is 93.4 Å². The van der Waals surface area contributed by atoms with Crippen LogP contribution >= 0.6 is 0 Å². The van der Waals surface area contributed by atoms with Crippen molar-refractivity contribution in [1.82, 2.24) is 20.4 Å². The number of aromatic carboxylic acids is 2. The van der Waals surface area contributed by atoms with Crippen molar-refractivity contribution in [2.75, 3.05) is 19.6 Å². The molecule has 0 aromatic heterocycles. The third-order valence-electron chi connectivity index (χ3n) is 6.71. The summed E-state index contributed by atoms with van der Waals surface area (Å²) in [5, 5.41) is 33.9. The van der Waals surface area contributed by atoms with Gasteiger partial charge in [-0.3, -0.25) is 19.3 Å². The van der Waals surface area contributed by atoms with Gasteiger partial charge in [-0.1, -0.05) is 18.2 Å². The summed E-state index contributed by atoms with van der Waals surface area (Å²) in [6, 6.07) is 4.46. The van der Waals surface area contributed by atoms with E-state index in [2.05, 4.69) is 10.6 Å². The number of imide groups is 1. The number of carbonyl (C=O) groups is 6. The summed E-state index contributed by atoms with van der Waals surface area (Å²) in [5.41, 5.74) is -0.598. The van der Waals surface area contributed by atoms with Gasteiger partial charge in [-0.15, -0.1) is 0 Å². The van der Waals surface area contributed by atoms with Crippen molar-refractivity contribution in [3.63, 3.8) is 0 Å². The van der Waals surface area contributed by atoms with E-state index in [0.717, 1.165) is 6.07 Å². The number of benzene rings is 2. The number of piperazine rings is 1. The quantitative estimate of drug-likeness (QED) is 0.219. The van der Waals surface area contributed by atoms with Crippen molar-refractivity contribution in [2.45, 2.75) is 25.3 Å². The molecule has 1 unspecified atom stereocenters. The van der Waals surface area contributed by atoms with Gasteiger partial charge in [0.15, 0.2) is 0 Å². The summed E-state index contributed by atoms with van der Waals surface area (Å²) < 4.78 is 19.3. The smallest absolute Gasteiger partial charge is 0.534 e. The van der Waals surface area contributed by atoms with E-state index in [0.29, 0.717) is 4.90 Å². The number of nitrogens with one attached hydrogen (secondary N) is 2. The summed E-state index contributed by atoms with van der Waals surface area (Å²) in [5.74, 6) is -8.40. The molecular formula is C25H24BFN4O10. The van der Waals surface area contributed by atoms with E-state index in [1.165, 1.54) is 35.2 Å². The molecule has 214 valence electrons. The molecule has 2 aliphatic rings. The summed E-state index contributed by atoms with van der Waals surface area (Å²) in [6.45, 7) is 1.88. The number of carboxylic acids is 2. The number of likely N-dealkylation sites (N-methyl/N-ethyl adjacent to an activating group) is 1. The molecular weight excluding hydrogens is 546 g/mol. The second-order valence-electron chi connectivity index (χ2n) is 9.19. The Morgan fingerprint density at radius 3 is 2.34 bits per heavy atom. The van der Waals surface area contributed by atoms with E-state index in [1.807, 2.05) is 0 Å². The van der Waals surface area contributed by atoms with Crippen molar-refractivity contribution in [3.05, 3.63) is 64.5 Å². The van der Waals surface area contributed by atoms with Gasteiger partial charge in [-0.2, -0.15) is 0 Å². The molecule has 2 heterocycles. The van der Waals surface area contributed by atoms with Crippen LogP contribution in [0.1, 0.15) is 44.8 Å². The highest BCUT2D eigenvalue weighted by Gasteiger charge is 2.41. The number of hydrogen-bond donors (Lipinski definition) is 5. The second-order valence-corrected chi connectivity index (χ2v) is 9.19. The first-order chi connectivity index (χ1) is 19.4. The fraction of sp³-hybridized carbons (Fsp3) is 0.280. The van der Waals surface area contributed by atoms with Crippen LogP contribution in [0.5, 0.6) is 5.75 Å². The SMILES string of the molecule is CCN1CCN(C(=O)NC(C(=O)N[C@H]2Cc3ccc(F)c(C(=O)O)c3OB2O)c2ccc(C(=O)O)cc2)C(=O)C1=O. The summed E-state index contributed by atoms with van der Waals surface area (Å²) in [4.78, 5) is 75.9.